The Labute approximate surface area is 179 Å². The number of rotatable bonds is 6. The summed E-state index contributed by atoms with van der Waals surface area (Å²) in [6.45, 7) is 2.64. The smallest absolute Gasteiger partial charge is 0.227 e. The van der Waals surface area contributed by atoms with E-state index in [0.717, 1.165) is 28.0 Å². The van der Waals surface area contributed by atoms with Crippen molar-refractivity contribution in [3.63, 3.8) is 0 Å². The van der Waals surface area contributed by atoms with Crippen molar-refractivity contribution < 1.29 is 0 Å². The highest BCUT2D eigenvalue weighted by atomic mass is 15.3. The Morgan fingerprint density at radius 3 is 2.61 bits per heavy atom. The Balaban J connectivity index is 1.57. The summed E-state index contributed by atoms with van der Waals surface area (Å²) in [7, 11) is 0. The second-order valence-electron chi connectivity index (χ2n) is 7.23. The third-order valence-electron chi connectivity index (χ3n) is 4.88. The van der Waals surface area contributed by atoms with E-state index in [2.05, 4.69) is 39.8 Å². The second kappa shape index (κ2) is 8.23. The van der Waals surface area contributed by atoms with E-state index in [1.165, 1.54) is 5.56 Å². The standard InChI is InChI=1S/C24H21N7/c1-17-7-5-9-19(13-17)28-22-21-16-27-31(20-10-3-2-4-11-20)23(21)30-24(29-22)26-15-18-8-6-12-25-14-18/h2-14,16H,15H2,1H3,(H2,26,28,29,30). The number of hydrogen-bond acceptors (Lipinski definition) is 6. The molecule has 3 aromatic heterocycles. The molecule has 3 heterocycles. The van der Waals surface area contributed by atoms with Crippen molar-refractivity contribution >= 4 is 28.5 Å². The van der Waals surface area contributed by atoms with Crippen molar-refractivity contribution in [3.8, 4) is 5.69 Å². The van der Waals surface area contributed by atoms with Gasteiger partial charge >= 0.3 is 0 Å². The lowest BCUT2D eigenvalue weighted by atomic mass is 10.2. The van der Waals surface area contributed by atoms with Crippen LogP contribution in [0.15, 0.2) is 85.3 Å². The Morgan fingerprint density at radius 2 is 1.81 bits per heavy atom. The van der Waals surface area contributed by atoms with Gasteiger partial charge in [0, 0.05) is 24.6 Å². The first-order chi connectivity index (χ1) is 15.3. The molecule has 0 radical (unpaired) electrons. The molecule has 5 rings (SSSR count). The van der Waals surface area contributed by atoms with E-state index in [0.29, 0.717) is 18.3 Å². The number of nitrogens with one attached hydrogen (secondary N) is 2. The lowest BCUT2D eigenvalue weighted by Gasteiger charge is -2.11. The van der Waals surface area contributed by atoms with E-state index in [9.17, 15) is 0 Å². The molecule has 0 saturated carbocycles. The highest BCUT2D eigenvalue weighted by Crippen LogP contribution is 2.27. The molecule has 152 valence electrons. The lowest BCUT2D eigenvalue weighted by molar-refractivity contribution is 0.894. The molecule has 2 aromatic carbocycles. The number of hydrogen-bond donors (Lipinski definition) is 2. The topological polar surface area (TPSA) is 80.6 Å². The van der Waals surface area contributed by atoms with Gasteiger partial charge < -0.3 is 10.6 Å². The van der Waals surface area contributed by atoms with E-state index >= 15 is 0 Å². The van der Waals surface area contributed by atoms with Crippen LogP contribution in [-0.2, 0) is 6.54 Å². The molecule has 0 aliphatic rings. The number of nitrogens with zero attached hydrogens (tertiary/aromatic N) is 5. The first-order valence-corrected chi connectivity index (χ1v) is 10.0. The van der Waals surface area contributed by atoms with E-state index < -0.39 is 0 Å². The van der Waals surface area contributed by atoms with Crippen LogP contribution in [0.2, 0.25) is 0 Å². The largest absolute Gasteiger partial charge is 0.350 e. The molecule has 31 heavy (non-hydrogen) atoms. The van der Waals surface area contributed by atoms with Crippen LogP contribution in [0.25, 0.3) is 16.7 Å². The quantitative estimate of drug-likeness (QED) is 0.418. The van der Waals surface area contributed by atoms with Gasteiger partial charge in [-0.2, -0.15) is 15.1 Å². The van der Waals surface area contributed by atoms with Gasteiger partial charge in [0.15, 0.2) is 5.65 Å². The van der Waals surface area contributed by atoms with Crippen molar-refractivity contribution in [1.82, 2.24) is 24.7 Å². The van der Waals surface area contributed by atoms with Crippen LogP contribution in [0, 0.1) is 6.92 Å². The van der Waals surface area contributed by atoms with Gasteiger partial charge in [0.25, 0.3) is 0 Å². The van der Waals surface area contributed by atoms with Crippen LogP contribution >= 0.6 is 0 Å². The van der Waals surface area contributed by atoms with Gasteiger partial charge in [0.2, 0.25) is 5.95 Å². The molecule has 0 unspecified atom stereocenters. The van der Waals surface area contributed by atoms with Crippen molar-refractivity contribution in [2.75, 3.05) is 10.6 Å². The number of anilines is 3. The maximum Gasteiger partial charge on any atom is 0.227 e. The summed E-state index contributed by atoms with van der Waals surface area (Å²) in [5, 5.41) is 12.2. The Hall–Kier alpha value is -4.26. The maximum absolute atomic E-state index is 4.76. The van der Waals surface area contributed by atoms with Crippen molar-refractivity contribution in [2.24, 2.45) is 0 Å². The average molecular weight is 407 g/mol. The van der Waals surface area contributed by atoms with Crippen LogP contribution in [0.3, 0.4) is 0 Å². The van der Waals surface area contributed by atoms with Crippen molar-refractivity contribution in [3.05, 3.63) is 96.4 Å². The van der Waals surface area contributed by atoms with Crippen LogP contribution in [0.5, 0.6) is 0 Å². The molecule has 0 amide bonds. The number of benzene rings is 2. The van der Waals surface area contributed by atoms with Crippen molar-refractivity contribution in [1.29, 1.82) is 0 Å². The molecule has 7 heteroatoms. The zero-order valence-electron chi connectivity index (χ0n) is 17.0. The highest BCUT2D eigenvalue weighted by Gasteiger charge is 2.14. The number of pyridine rings is 1. The van der Waals surface area contributed by atoms with Gasteiger partial charge in [0.05, 0.1) is 17.3 Å². The van der Waals surface area contributed by atoms with Gasteiger partial charge in [0.1, 0.15) is 5.82 Å². The van der Waals surface area contributed by atoms with Gasteiger partial charge in [-0.3, -0.25) is 4.98 Å². The van der Waals surface area contributed by atoms with Crippen LogP contribution in [-0.4, -0.2) is 24.7 Å². The summed E-state index contributed by atoms with van der Waals surface area (Å²) in [5.74, 6) is 1.22. The van der Waals surface area contributed by atoms with E-state index in [1.807, 2.05) is 65.5 Å². The van der Waals surface area contributed by atoms with Crippen LogP contribution in [0.1, 0.15) is 11.1 Å². The van der Waals surface area contributed by atoms with Crippen molar-refractivity contribution in [2.45, 2.75) is 13.5 Å². The molecule has 5 aromatic rings. The fourth-order valence-corrected chi connectivity index (χ4v) is 3.38. The Kier molecular flexibility index (Phi) is 4.98. The minimum atomic E-state index is 0.518. The van der Waals surface area contributed by atoms with Gasteiger partial charge in [-0.1, -0.05) is 36.4 Å². The average Bonchev–Trinajstić information content (AvgIpc) is 3.23. The molecule has 0 atom stereocenters. The van der Waals surface area contributed by atoms with Crippen LogP contribution < -0.4 is 10.6 Å². The second-order valence-corrected chi connectivity index (χ2v) is 7.23. The van der Waals surface area contributed by atoms with E-state index in [4.69, 9.17) is 9.97 Å². The predicted molar refractivity (Wildman–Crippen MR) is 123 cm³/mol. The molecular formula is C24H21N7. The summed E-state index contributed by atoms with van der Waals surface area (Å²) >= 11 is 0. The summed E-state index contributed by atoms with van der Waals surface area (Å²) in [4.78, 5) is 13.7. The van der Waals surface area contributed by atoms with Gasteiger partial charge in [-0.15, -0.1) is 0 Å². The van der Waals surface area contributed by atoms with Gasteiger partial charge in [-0.05, 0) is 48.4 Å². The zero-order chi connectivity index (χ0) is 21.0. The number of para-hydroxylation sites is 1. The van der Waals surface area contributed by atoms with E-state index in [-0.39, 0.29) is 0 Å². The third kappa shape index (κ3) is 4.06. The number of fused-ring (bicyclic) bond motifs is 1. The Morgan fingerprint density at radius 1 is 0.903 bits per heavy atom. The Bertz CT molecular complexity index is 1310. The molecule has 0 aliphatic heterocycles. The molecule has 0 fully saturated rings. The summed E-state index contributed by atoms with van der Waals surface area (Å²) < 4.78 is 1.83. The first-order valence-electron chi connectivity index (χ1n) is 10.0. The minimum absolute atomic E-state index is 0.518. The maximum atomic E-state index is 4.76. The molecule has 0 spiro atoms. The fourth-order valence-electron chi connectivity index (χ4n) is 3.38. The minimum Gasteiger partial charge on any atom is -0.350 e. The van der Waals surface area contributed by atoms with E-state index in [1.54, 1.807) is 12.4 Å². The molecule has 0 bridgehead atoms. The first kappa shape index (κ1) is 18.7. The fraction of sp³-hybridized carbons (Fsp3) is 0.0833. The lowest BCUT2D eigenvalue weighted by Crippen LogP contribution is -2.07. The predicted octanol–water partition coefficient (Wildman–Crippen LogP) is 4.87. The molecule has 2 N–H and O–H groups in total. The summed E-state index contributed by atoms with van der Waals surface area (Å²) in [6, 6.07) is 22.1. The molecule has 0 aliphatic carbocycles. The third-order valence-corrected chi connectivity index (χ3v) is 4.88. The molecule has 7 nitrogen and oxygen atoms in total. The zero-order valence-corrected chi connectivity index (χ0v) is 17.0. The molecular weight excluding hydrogens is 386 g/mol. The number of aromatic nitrogens is 5. The normalized spacial score (nSPS) is 10.9. The monoisotopic (exact) mass is 407 g/mol. The molecule has 0 saturated heterocycles. The SMILES string of the molecule is Cc1cccc(Nc2nc(NCc3cccnc3)nc3c2cnn3-c2ccccc2)c1. The summed E-state index contributed by atoms with van der Waals surface area (Å²) in [5.41, 5.74) is 4.85. The number of aryl methyl sites for hydroxylation is 1. The summed E-state index contributed by atoms with van der Waals surface area (Å²) in [6.07, 6.45) is 5.38. The van der Waals surface area contributed by atoms with Gasteiger partial charge in [-0.25, -0.2) is 4.68 Å². The highest BCUT2D eigenvalue weighted by molar-refractivity contribution is 5.90. The van der Waals surface area contributed by atoms with Crippen LogP contribution in [0.4, 0.5) is 17.5 Å².